The Balaban J connectivity index is 0.00000363. The molecule has 0 atom stereocenters. The van der Waals surface area contributed by atoms with Gasteiger partial charge in [0.2, 0.25) is 0 Å². The predicted molar refractivity (Wildman–Crippen MR) is 143 cm³/mol. The lowest BCUT2D eigenvalue weighted by molar-refractivity contribution is 0.102. The van der Waals surface area contributed by atoms with Crippen LogP contribution in [0.3, 0.4) is 0 Å². The molecule has 0 radical (unpaired) electrons. The number of piperidine rings is 1. The molecule has 1 aliphatic rings. The van der Waals surface area contributed by atoms with Crippen molar-refractivity contribution >= 4 is 29.9 Å². The van der Waals surface area contributed by atoms with Gasteiger partial charge in [-0.15, -0.1) is 34.2 Å². The summed E-state index contributed by atoms with van der Waals surface area (Å²) in [5.74, 6) is 1.90. The van der Waals surface area contributed by atoms with Gasteiger partial charge in [-0.05, 0) is 51.8 Å². The lowest BCUT2D eigenvalue weighted by Gasteiger charge is -2.40. The summed E-state index contributed by atoms with van der Waals surface area (Å²) < 4.78 is 2.10. The molecule has 0 unspecified atom stereocenters. The molecule has 1 aromatic heterocycles. The number of guanidine groups is 1. The van der Waals surface area contributed by atoms with E-state index in [1.165, 1.54) is 37.9 Å². The maximum atomic E-state index is 4.98. The van der Waals surface area contributed by atoms with Crippen LogP contribution >= 0.6 is 24.0 Å². The van der Waals surface area contributed by atoms with Gasteiger partial charge in [0.1, 0.15) is 12.2 Å². The van der Waals surface area contributed by atoms with Gasteiger partial charge in [0, 0.05) is 31.6 Å². The number of rotatable bonds is 10. The summed E-state index contributed by atoms with van der Waals surface area (Å²) >= 11 is 0. The van der Waals surface area contributed by atoms with Gasteiger partial charge >= 0.3 is 0 Å². The zero-order valence-electron chi connectivity index (χ0n) is 19.9. The minimum absolute atomic E-state index is 0. The van der Waals surface area contributed by atoms with E-state index in [1.54, 1.807) is 6.33 Å². The Bertz CT molecular complexity index is 798. The highest BCUT2D eigenvalue weighted by Crippen LogP contribution is 2.20. The van der Waals surface area contributed by atoms with Crippen molar-refractivity contribution in [2.45, 2.75) is 65.0 Å². The molecule has 1 aliphatic heterocycles. The Morgan fingerprint density at radius 1 is 1.06 bits per heavy atom. The molecule has 0 amide bonds. The van der Waals surface area contributed by atoms with Crippen molar-refractivity contribution in [3.63, 3.8) is 0 Å². The first-order chi connectivity index (χ1) is 15.1. The Morgan fingerprint density at radius 2 is 1.78 bits per heavy atom. The molecule has 2 N–H and O–H groups in total. The van der Waals surface area contributed by atoms with E-state index in [4.69, 9.17) is 4.99 Å². The molecule has 0 bridgehead atoms. The van der Waals surface area contributed by atoms with Gasteiger partial charge in [0.05, 0.1) is 6.54 Å². The number of nitrogens with one attached hydrogen (secondary N) is 2. The van der Waals surface area contributed by atoms with Crippen molar-refractivity contribution in [1.82, 2.24) is 30.3 Å². The summed E-state index contributed by atoms with van der Waals surface area (Å²) in [6.45, 7) is 12.3. The van der Waals surface area contributed by atoms with Crippen LogP contribution in [0.1, 0.15) is 51.4 Å². The van der Waals surface area contributed by atoms with Gasteiger partial charge < -0.3 is 15.2 Å². The van der Waals surface area contributed by atoms with Crippen LogP contribution in [-0.4, -0.2) is 63.9 Å². The van der Waals surface area contributed by atoms with Gasteiger partial charge in [-0.1, -0.05) is 43.7 Å². The van der Waals surface area contributed by atoms with Gasteiger partial charge in [0.25, 0.3) is 0 Å². The Kier molecular flexibility index (Phi) is 11.4. The van der Waals surface area contributed by atoms with Crippen molar-refractivity contribution < 1.29 is 0 Å². The number of hydrogen-bond donors (Lipinski definition) is 2. The summed E-state index contributed by atoms with van der Waals surface area (Å²) in [4.78, 5) is 7.57. The quantitative estimate of drug-likeness (QED) is 0.268. The maximum Gasteiger partial charge on any atom is 0.191 e. The van der Waals surface area contributed by atoms with E-state index >= 15 is 0 Å². The Morgan fingerprint density at radius 3 is 2.50 bits per heavy atom. The zero-order valence-corrected chi connectivity index (χ0v) is 22.2. The number of likely N-dealkylation sites (tertiary alicyclic amines) is 1. The van der Waals surface area contributed by atoms with Gasteiger partial charge in [-0.25, -0.2) is 0 Å². The highest BCUT2D eigenvalue weighted by molar-refractivity contribution is 14.0. The van der Waals surface area contributed by atoms with Gasteiger partial charge in [-0.2, -0.15) is 0 Å². The van der Waals surface area contributed by atoms with Gasteiger partial charge in [0.15, 0.2) is 5.96 Å². The smallest absolute Gasteiger partial charge is 0.191 e. The topological polar surface area (TPSA) is 70.4 Å². The van der Waals surface area contributed by atoms with E-state index in [0.29, 0.717) is 0 Å². The maximum absolute atomic E-state index is 4.98. The van der Waals surface area contributed by atoms with Gasteiger partial charge in [-0.3, -0.25) is 9.89 Å². The molecule has 1 fully saturated rings. The first-order valence-electron chi connectivity index (χ1n) is 11.8. The van der Waals surface area contributed by atoms with E-state index < -0.39 is 0 Å². The molecule has 178 valence electrons. The molecule has 0 saturated carbocycles. The first kappa shape index (κ1) is 26.6. The van der Waals surface area contributed by atoms with E-state index in [1.807, 2.05) is 0 Å². The minimum Gasteiger partial charge on any atom is -0.356 e. The average Bonchev–Trinajstić information content (AvgIpc) is 3.26. The van der Waals surface area contributed by atoms with Crippen LogP contribution in [0.4, 0.5) is 0 Å². The number of aliphatic imine (C=N–C) groups is 1. The van der Waals surface area contributed by atoms with Crippen LogP contribution in [0.15, 0.2) is 41.7 Å². The third-order valence-electron chi connectivity index (χ3n) is 6.04. The van der Waals surface area contributed by atoms with Crippen LogP contribution in [0.5, 0.6) is 0 Å². The molecule has 1 aromatic carbocycles. The molecule has 8 heteroatoms. The summed E-state index contributed by atoms with van der Waals surface area (Å²) in [7, 11) is 0. The molecular weight excluding hydrogens is 513 g/mol. The molecule has 0 spiro atoms. The van der Waals surface area contributed by atoms with Crippen molar-refractivity contribution in [3.8, 4) is 0 Å². The molecule has 0 aliphatic carbocycles. The molecule has 2 heterocycles. The number of nitrogens with zero attached hydrogens (tertiary/aromatic N) is 5. The molecular formula is C24H40IN7. The van der Waals surface area contributed by atoms with Crippen molar-refractivity contribution in [1.29, 1.82) is 0 Å². The standard InChI is InChI=1S/C24H39N7.HI/c1-4-22-29-28-20-30(22)18-15-26-23(25-14-13-21-11-7-5-8-12-21)27-19-24(2,3)31-16-9-6-10-17-31;/h5,7-8,11-12,20H,4,6,9-10,13-19H2,1-3H3,(H2,25,26,27);1H. The number of aryl methyl sites for hydroxylation is 1. The minimum atomic E-state index is 0. The molecule has 1 saturated heterocycles. The summed E-state index contributed by atoms with van der Waals surface area (Å²) in [6.07, 6.45) is 7.62. The number of benzene rings is 1. The van der Waals surface area contributed by atoms with Crippen molar-refractivity contribution in [3.05, 3.63) is 48.0 Å². The summed E-state index contributed by atoms with van der Waals surface area (Å²) in [6, 6.07) is 10.6. The van der Waals surface area contributed by atoms with Crippen LogP contribution in [0.25, 0.3) is 0 Å². The third kappa shape index (κ3) is 8.35. The normalized spacial score (nSPS) is 15.3. The fourth-order valence-electron chi connectivity index (χ4n) is 4.05. The Hall–Kier alpha value is -1.68. The lowest BCUT2D eigenvalue weighted by Crippen LogP contribution is -2.49. The number of halogens is 1. The van der Waals surface area contributed by atoms with E-state index in [2.05, 4.69) is 81.4 Å². The molecule has 2 aromatic rings. The second-order valence-electron chi connectivity index (χ2n) is 8.91. The highest BCUT2D eigenvalue weighted by Gasteiger charge is 2.27. The van der Waals surface area contributed by atoms with Crippen LogP contribution < -0.4 is 10.6 Å². The molecule has 7 nitrogen and oxygen atoms in total. The van der Waals surface area contributed by atoms with Crippen molar-refractivity contribution in [2.75, 3.05) is 32.7 Å². The largest absolute Gasteiger partial charge is 0.356 e. The third-order valence-corrected chi connectivity index (χ3v) is 6.04. The molecule has 3 rings (SSSR count). The van der Waals surface area contributed by atoms with E-state index in [0.717, 1.165) is 50.8 Å². The van der Waals surface area contributed by atoms with E-state index in [-0.39, 0.29) is 29.5 Å². The zero-order chi connectivity index (χ0) is 21.9. The summed E-state index contributed by atoms with van der Waals surface area (Å²) in [5, 5.41) is 15.2. The van der Waals surface area contributed by atoms with Crippen LogP contribution in [0, 0.1) is 0 Å². The Labute approximate surface area is 210 Å². The number of hydrogen-bond acceptors (Lipinski definition) is 4. The highest BCUT2D eigenvalue weighted by atomic mass is 127. The van der Waals surface area contributed by atoms with Crippen molar-refractivity contribution in [2.24, 2.45) is 4.99 Å². The average molecular weight is 554 g/mol. The summed E-state index contributed by atoms with van der Waals surface area (Å²) in [5.41, 5.74) is 1.40. The van der Waals surface area contributed by atoms with Crippen LogP contribution in [0.2, 0.25) is 0 Å². The second-order valence-corrected chi connectivity index (χ2v) is 8.91. The van der Waals surface area contributed by atoms with Crippen LogP contribution in [-0.2, 0) is 19.4 Å². The predicted octanol–water partition coefficient (Wildman–Crippen LogP) is 3.50. The van der Waals surface area contributed by atoms with E-state index in [9.17, 15) is 0 Å². The SMILES string of the molecule is CCc1nncn1CCNC(=NCC(C)(C)N1CCCCC1)NCCc1ccccc1.I. The monoisotopic (exact) mass is 553 g/mol. The number of aromatic nitrogens is 3. The first-order valence-corrected chi connectivity index (χ1v) is 11.8. The lowest BCUT2D eigenvalue weighted by atomic mass is 9.99. The fourth-order valence-corrected chi connectivity index (χ4v) is 4.05. The second kappa shape index (κ2) is 13.8. The molecule has 32 heavy (non-hydrogen) atoms. The fraction of sp³-hybridized carbons (Fsp3) is 0.625.